The SMILES string of the molecule is O=C(O)CC(NC(=O)NCc1cnc[nH]1)c1ccccc1. The van der Waals surface area contributed by atoms with Crippen molar-refractivity contribution in [2.45, 2.75) is 19.0 Å². The van der Waals surface area contributed by atoms with Gasteiger partial charge in [-0.15, -0.1) is 0 Å². The number of aromatic amines is 1. The molecular formula is C14H16N4O3. The molecule has 0 aliphatic carbocycles. The molecule has 0 spiro atoms. The molecule has 2 rings (SSSR count). The van der Waals surface area contributed by atoms with Gasteiger partial charge in [-0.05, 0) is 5.56 Å². The van der Waals surface area contributed by atoms with E-state index in [9.17, 15) is 9.59 Å². The van der Waals surface area contributed by atoms with E-state index in [4.69, 9.17) is 5.11 Å². The van der Waals surface area contributed by atoms with Crippen molar-refractivity contribution in [3.8, 4) is 0 Å². The van der Waals surface area contributed by atoms with Gasteiger partial charge in [-0.1, -0.05) is 30.3 Å². The number of urea groups is 1. The van der Waals surface area contributed by atoms with Gasteiger partial charge in [-0.25, -0.2) is 9.78 Å². The van der Waals surface area contributed by atoms with Crippen LogP contribution >= 0.6 is 0 Å². The number of carbonyl (C=O) groups excluding carboxylic acids is 1. The highest BCUT2D eigenvalue weighted by Crippen LogP contribution is 2.16. The summed E-state index contributed by atoms with van der Waals surface area (Å²) in [6, 6.07) is 7.98. The molecule has 0 aliphatic heterocycles. The van der Waals surface area contributed by atoms with Gasteiger partial charge in [0, 0.05) is 6.20 Å². The first-order valence-corrected chi connectivity index (χ1v) is 6.43. The minimum Gasteiger partial charge on any atom is -0.481 e. The quantitative estimate of drug-likeness (QED) is 0.645. The zero-order chi connectivity index (χ0) is 15.1. The molecule has 0 saturated carbocycles. The van der Waals surface area contributed by atoms with Crippen molar-refractivity contribution in [1.29, 1.82) is 0 Å². The second kappa shape index (κ2) is 7.09. The number of hydrogen-bond acceptors (Lipinski definition) is 3. The lowest BCUT2D eigenvalue weighted by molar-refractivity contribution is -0.137. The smallest absolute Gasteiger partial charge is 0.315 e. The first kappa shape index (κ1) is 14.6. The fraction of sp³-hybridized carbons (Fsp3) is 0.214. The number of benzene rings is 1. The second-order valence-electron chi connectivity index (χ2n) is 4.46. The van der Waals surface area contributed by atoms with Crippen molar-refractivity contribution in [2.75, 3.05) is 0 Å². The number of rotatable bonds is 6. The van der Waals surface area contributed by atoms with Gasteiger partial charge < -0.3 is 20.7 Å². The lowest BCUT2D eigenvalue weighted by Gasteiger charge is -2.17. The Morgan fingerprint density at radius 3 is 2.67 bits per heavy atom. The van der Waals surface area contributed by atoms with E-state index >= 15 is 0 Å². The van der Waals surface area contributed by atoms with Gasteiger partial charge in [0.1, 0.15) is 0 Å². The van der Waals surface area contributed by atoms with E-state index in [1.165, 1.54) is 6.33 Å². The fourth-order valence-electron chi connectivity index (χ4n) is 1.88. The summed E-state index contributed by atoms with van der Waals surface area (Å²) >= 11 is 0. The van der Waals surface area contributed by atoms with Crippen molar-refractivity contribution in [1.82, 2.24) is 20.6 Å². The molecule has 0 aliphatic rings. The first-order valence-electron chi connectivity index (χ1n) is 6.43. The minimum atomic E-state index is -0.974. The normalized spacial score (nSPS) is 11.6. The lowest BCUT2D eigenvalue weighted by Crippen LogP contribution is -2.38. The van der Waals surface area contributed by atoms with Gasteiger partial charge in [0.05, 0.1) is 31.0 Å². The summed E-state index contributed by atoms with van der Waals surface area (Å²) in [5.74, 6) is -0.974. The van der Waals surface area contributed by atoms with Crippen molar-refractivity contribution < 1.29 is 14.7 Å². The molecule has 2 aromatic rings. The van der Waals surface area contributed by atoms with Crippen LogP contribution in [-0.4, -0.2) is 27.1 Å². The van der Waals surface area contributed by atoms with Gasteiger partial charge in [-0.2, -0.15) is 0 Å². The summed E-state index contributed by atoms with van der Waals surface area (Å²) in [6.07, 6.45) is 2.94. The minimum absolute atomic E-state index is 0.179. The van der Waals surface area contributed by atoms with Gasteiger partial charge >= 0.3 is 12.0 Å². The molecule has 1 aromatic carbocycles. The monoisotopic (exact) mass is 288 g/mol. The van der Waals surface area contributed by atoms with Crippen LogP contribution in [-0.2, 0) is 11.3 Å². The van der Waals surface area contributed by atoms with E-state index in [1.54, 1.807) is 30.5 Å². The van der Waals surface area contributed by atoms with Crippen LogP contribution in [0.2, 0.25) is 0 Å². The van der Waals surface area contributed by atoms with E-state index in [0.29, 0.717) is 6.54 Å². The van der Waals surface area contributed by atoms with E-state index in [2.05, 4.69) is 20.6 Å². The molecule has 1 aromatic heterocycles. The molecule has 1 unspecified atom stereocenters. The number of carboxylic acid groups (broad SMARTS) is 1. The molecule has 0 radical (unpaired) electrons. The third-order valence-electron chi connectivity index (χ3n) is 2.88. The maximum atomic E-state index is 11.9. The van der Waals surface area contributed by atoms with Crippen LogP contribution in [0.25, 0.3) is 0 Å². The van der Waals surface area contributed by atoms with Crippen molar-refractivity contribution in [2.24, 2.45) is 0 Å². The average Bonchev–Trinajstić information content (AvgIpc) is 2.98. The number of carbonyl (C=O) groups is 2. The molecule has 110 valence electrons. The Morgan fingerprint density at radius 1 is 1.29 bits per heavy atom. The maximum absolute atomic E-state index is 11.9. The van der Waals surface area contributed by atoms with Gasteiger partial charge in [0.15, 0.2) is 0 Å². The van der Waals surface area contributed by atoms with Gasteiger partial charge in [0.2, 0.25) is 0 Å². The second-order valence-corrected chi connectivity index (χ2v) is 4.46. The molecule has 1 heterocycles. The first-order chi connectivity index (χ1) is 10.1. The standard InChI is InChI=1S/C14H16N4O3/c19-13(20)6-12(10-4-2-1-3-5-10)18-14(21)16-8-11-7-15-9-17-11/h1-5,7,9,12H,6,8H2,(H,15,17)(H,19,20)(H2,16,18,21). The molecule has 4 N–H and O–H groups in total. The Morgan fingerprint density at radius 2 is 2.05 bits per heavy atom. The summed E-state index contributed by atoms with van der Waals surface area (Å²) in [5, 5.41) is 14.3. The van der Waals surface area contributed by atoms with Crippen LogP contribution in [0.3, 0.4) is 0 Å². The molecular weight excluding hydrogens is 272 g/mol. The number of nitrogens with one attached hydrogen (secondary N) is 3. The topological polar surface area (TPSA) is 107 Å². The predicted molar refractivity (Wildman–Crippen MR) is 75.4 cm³/mol. The van der Waals surface area contributed by atoms with Crippen molar-refractivity contribution in [3.63, 3.8) is 0 Å². The maximum Gasteiger partial charge on any atom is 0.315 e. The van der Waals surface area contributed by atoms with Crippen molar-refractivity contribution in [3.05, 3.63) is 54.1 Å². The summed E-state index contributed by atoms with van der Waals surface area (Å²) in [4.78, 5) is 29.5. The van der Waals surface area contributed by atoms with E-state index in [1.807, 2.05) is 6.07 Å². The summed E-state index contributed by atoms with van der Waals surface area (Å²) < 4.78 is 0. The third kappa shape index (κ3) is 4.64. The number of amides is 2. The summed E-state index contributed by atoms with van der Waals surface area (Å²) in [7, 11) is 0. The van der Waals surface area contributed by atoms with E-state index in [-0.39, 0.29) is 6.42 Å². The number of aliphatic carboxylic acids is 1. The van der Waals surface area contributed by atoms with E-state index in [0.717, 1.165) is 11.3 Å². The molecule has 0 saturated heterocycles. The molecule has 0 bridgehead atoms. The Balaban J connectivity index is 1.94. The number of nitrogens with zero attached hydrogens (tertiary/aromatic N) is 1. The highest BCUT2D eigenvalue weighted by atomic mass is 16.4. The lowest BCUT2D eigenvalue weighted by atomic mass is 10.0. The zero-order valence-electron chi connectivity index (χ0n) is 11.2. The Kier molecular flexibility index (Phi) is 4.92. The van der Waals surface area contributed by atoms with Gasteiger partial charge in [-0.3, -0.25) is 4.79 Å². The largest absolute Gasteiger partial charge is 0.481 e. The Hall–Kier alpha value is -2.83. The molecule has 1 atom stereocenters. The third-order valence-corrected chi connectivity index (χ3v) is 2.88. The van der Waals surface area contributed by atoms with Crippen LogP contribution in [0.15, 0.2) is 42.9 Å². The Labute approximate surface area is 121 Å². The molecule has 21 heavy (non-hydrogen) atoms. The highest BCUT2D eigenvalue weighted by molar-refractivity contribution is 5.76. The zero-order valence-corrected chi connectivity index (χ0v) is 11.2. The van der Waals surface area contributed by atoms with Gasteiger partial charge in [0.25, 0.3) is 0 Å². The Bertz CT molecular complexity index is 584. The fourth-order valence-corrected chi connectivity index (χ4v) is 1.88. The number of hydrogen-bond donors (Lipinski definition) is 4. The molecule has 2 amide bonds. The number of aromatic nitrogens is 2. The van der Waals surface area contributed by atoms with Crippen molar-refractivity contribution >= 4 is 12.0 Å². The van der Waals surface area contributed by atoms with Crippen LogP contribution in [0.5, 0.6) is 0 Å². The van der Waals surface area contributed by atoms with E-state index < -0.39 is 18.0 Å². The van der Waals surface area contributed by atoms with Crippen LogP contribution in [0.4, 0.5) is 4.79 Å². The molecule has 7 heteroatoms. The summed E-state index contributed by atoms with van der Waals surface area (Å²) in [6.45, 7) is 0.292. The summed E-state index contributed by atoms with van der Waals surface area (Å²) in [5.41, 5.74) is 1.51. The van der Waals surface area contributed by atoms with Crippen LogP contribution < -0.4 is 10.6 Å². The predicted octanol–water partition coefficient (Wildman–Crippen LogP) is 1.42. The molecule has 7 nitrogen and oxygen atoms in total. The average molecular weight is 288 g/mol. The number of carboxylic acids is 1. The number of imidazole rings is 1. The van der Waals surface area contributed by atoms with Crippen LogP contribution in [0, 0.1) is 0 Å². The van der Waals surface area contributed by atoms with Crippen LogP contribution in [0.1, 0.15) is 23.7 Å². The molecule has 0 fully saturated rings. The number of H-pyrrole nitrogens is 1. The highest BCUT2D eigenvalue weighted by Gasteiger charge is 2.17.